The lowest BCUT2D eigenvalue weighted by Crippen LogP contribution is -2.47. The van der Waals surface area contributed by atoms with Gasteiger partial charge in [0.05, 0.1) is 20.1 Å². The molecule has 0 aliphatic carbocycles. The second kappa shape index (κ2) is 8.08. The highest BCUT2D eigenvalue weighted by atomic mass is 16.6. The van der Waals surface area contributed by atoms with Crippen molar-refractivity contribution in [2.75, 3.05) is 27.4 Å². The van der Waals surface area contributed by atoms with Gasteiger partial charge in [0.25, 0.3) is 0 Å². The Labute approximate surface area is 161 Å². The van der Waals surface area contributed by atoms with Crippen molar-refractivity contribution in [1.82, 2.24) is 0 Å². The predicted octanol–water partition coefficient (Wildman–Crippen LogP) is 2.44. The minimum absolute atomic E-state index is 0.144. The van der Waals surface area contributed by atoms with Gasteiger partial charge in [-0.15, -0.1) is 0 Å². The Bertz CT molecular complexity index is 881. The zero-order valence-electron chi connectivity index (χ0n) is 15.5. The molecule has 0 N–H and O–H groups in total. The largest absolute Gasteiger partial charge is 0.497 e. The van der Waals surface area contributed by atoms with E-state index in [9.17, 15) is 14.9 Å². The summed E-state index contributed by atoms with van der Waals surface area (Å²) in [5, 5.41) is 11.4. The average molecular weight is 384 g/mol. The quantitative estimate of drug-likeness (QED) is 0.413. The number of rotatable bonds is 7. The van der Waals surface area contributed by atoms with Gasteiger partial charge in [-0.1, -0.05) is 30.3 Å². The van der Waals surface area contributed by atoms with Crippen molar-refractivity contribution in [1.29, 1.82) is 0 Å². The molecule has 0 saturated heterocycles. The number of aliphatic imine (C=N–C) groups is 1. The molecule has 8 nitrogen and oxygen atoms in total. The van der Waals surface area contributed by atoms with Crippen LogP contribution in [0.5, 0.6) is 5.75 Å². The van der Waals surface area contributed by atoms with Crippen LogP contribution in [-0.2, 0) is 14.3 Å². The third-order valence-corrected chi connectivity index (χ3v) is 4.72. The fraction of sp³-hybridized carbons (Fsp3) is 0.300. The summed E-state index contributed by atoms with van der Waals surface area (Å²) in [4.78, 5) is 28.2. The van der Waals surface area contributed by atoms with Gasteiger partial charge in [-0.05, 0) is 29.8 Å². The van der Waals surface area contributed by atoms with Crippen molar-refractivity contribution in [3.63, 3.8) is 0 Å². The van der Waals surface area contributed by atoms with Gasteiger partial charge in [-0.2, -0.15) is 0 Å². The molecule has 2 aromatic carbocycles. The Kier molecular flexibility index (Phi) is 5.58. The lowest BCUT2D eigenvalue weighted by molar-refractivity contribution is -0.484. The molecular weight excluding hydrogens is 364 g/mol. The van der Waals surface area contributed by atoms with Gasteiger partial charge >= 0.3 is 5.97 Å². The van der Waals surface area contributed by atoms with E-state index >= 15 is 0 Å². The summed E-state index contributed by atoms with van der Waals surface area (Å²) in [6, 6.07) is 15.8. The number of methoxy groups -OCH3 is 2. The first-order valence-corrected chi connectivity index (χ1v) is 8.62. The van der Waals surface area contributed by atoms with Crippen LogP contribution in [0.25, 0.3) is 0 Å². The maximum atomic E-state index is 12.8. The van der Waals surface area contributed by atoms with Crippen LogP contribution in [-0.4, -0.2) is 49.7 Å². The number of hydrogen-bond donors (Lipinski definition) is 0. The van der Waals surface area contributed by atoms with Crippen LogP contribution in [0, 0.1) is 10.1 Å². The molecule has 0 radical (unpaired) electrons. The lowest BCUT2D eigenvalue weighted by Gasteiger charge is -2.28. The van der Waals surface area contributed by atoms with Crippen molar-refractivity contribution in [3.05, 3.63) is 75.8 Å². The van der Waals surface area contributed by atoms with Crippen LogP contribution in [0.4, 0.5) is 0 Å². The van der Waals surface area contributed by atoms with Crippen LogP contribution in [0.1, 0.15) is 17.0 Å². The van der Waals surface area contributed by atoms with Gasteiger partial charge in [-0.3, -0.25) is 10.1 Å². The van der Waals surface area contributed by atoms with Crippen LogP contribution < -0.4 is 4.74 Å². The highest BCUT2D eigenvalue weighted by Crippen LogP contribution is 2.38. The highest BCUT2D eigenvalue weighted by molar-refractivity contribution is 5.99. The minimum Gasteiger partial charge on any atom is -0.497 e. The van der Waals surface area contributed by atoms with Crippen LogP contribution in [0.3, 0.4) is 0 Å². The Hall–Kier alpha value is -3.42. The molecule has 146 valence electrons. The number of carbonyl (C=O) groups is 1. The Morgan fingerprint density at radius 3 is 2.46 bits per heavy atom. The van der Waals surface area contributed by atoms with Gasteiger partial charge in [0.2, 0.25) is 18.0 Å². The van der Waals surface area contributed by atoms with E-state index in [0.717, 1.165) is 0 Å². The summed E-state index contributed by atoms with van der Waals surface area (Å²) in [6.45, 7) is -0.648. The third-order valence-electron chi connectivity index (χ3n) is 4.72. The smallest absolute Gasteiger partial charge is 0.338 e. The topological polar surface area (TPSA) is 100 Å². The second-order valence-electron chi connectivity index (χ2n) is 6.33. The SMILES string of the molecule is COC(=O)[C@@]1([C@@H](C[N+](=O)[O-])c2ccc(OC)cc2)COC(c2ccccc2)=N1. The monoisotopic (exact) mass is 384 g/mol. The maximum absolute atomic E-state index is 12.8. The summed E-state index contributed by atoms with van der Waals surface area (Å²) in [7, 11) is 2.76. The maximum Gasteiger partial charge on any atom is 0.338 e. The van der Waals surface area contributed by atoms with Gasteiger partial charge < -0.3 is 14.2 Å². The van der Waals surface area contributed by atoms with Crippen molar-refractivity contribution in [2.45, 2.75) is 11.5 Å². The molecule has 2 aromatic rings. The fourth-order valence-corrected chi connectivity index (χ4v) is 3.27. The highest BCUT2D eigenvalue weighted by Gasteiger charge is 2.54. The normalized spacial score (nSPS) is 19.3. The first kappa shape index (κ1) is 19.3. The van der Waals surface area contributed by atoms with Crippen LogP contribution in [0.2, 0.25) is 0 Å². The van der Waals surface area contributed by atoms with Gasteiger partial charge in [-0.25, -0.2) is 9.79 Å². The molecule has 1 aliphatic rings. The summed E-state index contributed by atoms with van der Waals surface area (Å²) in [5.74, 6) is -0.692. The van der Waals surface area contributed by atoms with E-state index in [1.165, 1.54) is 14.2 Å². The van der Waals surface area contributed by atoms with Gasteiger partial charge in [0.1, 0.15) is 12.4 Å². The molecule has 3 rings (SSSR count). The van der Waals surface area contributed by atoms with E-state index in [0.29, 0.717) is 16.9 Å². The molecule has 0 aromatic heterocycles. The van der Waals surface area contributed by atoms with Crippen LogP contribution >= 0.6 is 0 Å². The zero-order chi connectivity index (χ0) is 20.1. The average Bonchev–Trinajstić information content (AvgIpc) is 3.18. The predicted molar refractivity (Wildman–Crippen MR) is 101 cm³/mol. The second-order valence-corrected chi connectivity index (χ2v) is 6.33. The minimum atomic E-state index is -1.55. The first-order chi connectivity index (χ1) is 13.5. The van der Waals surface area contributed by atoms with Crippen molar-refractivity contribution in [2.24, 2.45) is 4.99 Å². The number of carbonyl (C=O) groups excluding carboxylic acids is 1. The van der Waals surface area contributed by atoms with E-state index in [2.05, 4.69) is 4.99 Å². The van der Waals surface area contributed by atoms with E-state index in [4.69, 9.17) is 14.2 Å². The number of benzene rings is 2. The molecule has 1 aliphatic heterocycles. The number of nitrogens with zero attached hydrogens (tertiary/aromatic N) is 2. The van der Waals surface area contributed by atoms with E-state index in [1.54, 1.807) is 36.4 Å². The molecule has 8 heteroatoms. The molecule has 0 spiro atoms. The van der Waals surface area contributed by atoms with Crippen molar-refractivity contribution < 1.29 is 23.9 Å². The summed E-state index contributed by atoms with van der Waals surface area (Å²) >= 11 is 0. The lowest BCUT2D eigenvalue weighted by atomic mass is 9.80. The number of ether oxygens (including phenoxy) is 3. The third kappa shape index (κ3) is 3.66. The molecule has 0 amide bonds. The first-order valence-electron chi connectivity index (χ1n) is 8.62. The number of nitro groups is 1. The van der Waals surface area contributed by atoms with E-state index in [1.807, 2.05) is 18.2 Å². The molecule has 2 atom stereocenters. The summed E-state index contributed by atoms with van der Waals surface area (Å²) in [6.07, 6.45) is 0. The molecule has 1 heterocycles. The molecule has 0 saturated carbocycles. The van der Waals surface area contributed by atoms with Crippen LogP contribution in [0.15, 0.2) is 59.6 Å². The Balaban J connectivity index is 2.10. The fourth-order valence-electron chi connectivity index (χ4n) is 3.27. The van der Waals surface area contributed by atoms with Crippen molar-refractivity contribution >= 4 is 11.9 Å². The summed E-state index contributed by atoms with van der Waals surface area (Å²) < 4.78 is 15.8. The molecule has 28 heavy (non-hydrogen) atoms. The summed E-state index contributed by atoms with van der Waals surface area (Å²) in [5.41, 5.74) is -0.297. The molecule has 0 bridgehead atoms. The standard InChI is InChI=1S/C20H20N2O6/c1-26-16-10-8-14(9-11-16)17(12-22(24)25)20(19(23)27-2)13-28-18(21-20)15-6-4-3-5-7-15/h3-11,17H,12-13H2,1-2H3/t17-,20-/m0/s1. The van der Waals surface area contributed by atoms with Crippen molar-refractivity contribution in [3.8, 4) is 5.75 Å². The zero-order valence-corrected chi connectivity index (χ0v) is 15.5. The Morgan fingerprint density at radius 2 is 1.89 bits per heavy atom. The number of hydrogen-bond acceptors (Lipinski definition) is 7. The number of esters is 1. The van der Waals surface area contributed by atoms with E-state index < -0.39 is 28.9 Å². The molecular formula is C20H20N2O6. The van der Waals surface area contributed by atoms with Gasteiger partial charge in [0, 0.05) is 10.5 Å². The van der Waals surface area contributed by atoms with Gasteiger partial charge in [0.15, 0.2) is 0 Å². The molecule has 0 unspecified atom stereocenters. The Morgan fingerprint density at radius 1 is 1.21 bits per heavy atom. The molecule has 0 fully saturated rings. The van der Waals surface area contributed by atoms with E-state index in [-0.39, 0.29) is 12.5 Å².